The summed E-state index contributed by atoms with van der Waals surface area (Å²) in [7, 11) is -2.69. The highest BCUT2D eigenvalue weighted by molar-refractivity contribution is 6.74. The van der Waals surface area contributed by atoms with E-state index in [0.29, 0.717) is 30.5 Å². The standard InChI is InChI=1S/C29H42BClFN5O3Si/c1-28(2,3)41(6,7)40-16-20-12-21(13-22(31)25(20)30-38-17-29(4,5)18-39-30)35-27-34-15-23(32)26(37-27)36-24-11-9-8-10-19(24)14-33/h12-13,15,19,24H,8-11,16-18H2,1-7H3,(H2,34,35,36,37). The topological polar surface area (TPSA) is 101 Å². The third-order valence-corrected chi connectivity index (χ3v) is 13.1. The van der Waals surface area contributed by atoms with E-state index < -0.39 is 21.3 Å². The molecule has 2 aromatic rings. The highest BCUT2D eigenvalue weighted by Crippen LogP contribution is 2.37. The summed E-state index contributed by atoms with van der Waals surface area (Å²) in [5.41, 5.74) is 2.13. The molecule has 2 atom stereocenters. The molecule has 2 unspecified atom stereocenters. The molecule has 1 aliphatic carbocycles. The number of benzene rings is 1. The minimum atomic E-state index is -2.08. The summed E-state index contributed by atoms with van der Waals surface area (Å²) in [6.45, 7) is 16.6. The number of hydrogen-bond acceptors (Lipinski definition) is 8. The van der Waals surface area contributed by atoms with Gasteiger partial charge in [0.25, 0.3) is 0 Å². The highest BCUT2D eigenvalue weighted by Gasteiger charge is 2.39. The van der Waals surface area contributed by atoms with Crippen LogP contribution in [0.4, 0.5) is 21.8 Å². The second-order valence-electron chi connectivity index (χ2n) is 13.5. The first-order chi connectivity index (χ1) is 19.2. The van der Waals surface area contributed by atoms with Crippen molar-refractivity contribution in [2.24, 2.45) is 11.3 Å². The van der Waals surface area contributed by atoms with Crippen LogP contribution in [0.1, 0.15) is 65.9 Å². The highest BCUT2D eigenvalue weighted by atomic mass is 35.5. The van der Waals surface area contributed by atoms with Gasteiger partial charge in [-0.15, -0.1) is 0 Å². The van der Waals surface area contributed by atoms with Crippen LogP contribution >= 0.6 is 11.6 Å². The van der Waals surface area contributed by atoms with E-state index in [-0.39, 0.29) is 34.2 Å². The Labute approximate surface area is 250 Å². The van der Waals surface area contributed by atoms with Crippen molar-refractivity contribution in [3.63, 3.8) is 0 Å². The van der Waals surface area contributed by atoms with Crippen LogP contribution in [0.25, 0.3) is 0 Å². The van der Waals surface area contributed by atoms with Crippen molar-refractivity contribution in [3.8, 4) is 6.07 Å². The zero-order chi connectivity index (χ0) is 30.0. The van der Waals surface area contributed by atoms with E-state index in [1.165, 1.54) is 0 Å². The van der Waals surface area contributed by atoms with Gasteiger partial charge in [-0.1, -0.05) is 59.1 Å². The molecule has 1 aliphatic heterocycles. The molecule has 1 saturated carbocycles. The Kier molecular flexibility index (Phi) is 9.71. The van der Waals surface area contributed by atoms with Crippen LogP contribution < -0.4 is 16.1 Å². The van der Waals surface area contributed by atoms with Crippen LogP contribution in [0.15, 0.2) is 18.3 Å². The predicted molar refractivity (Wildman–Crippen MR) is 165 cm³/mol. The lowest BCUT2D eigenvalue weighted by molar-refractivity contribution is 0.0342. The van der Waals surface area contributed by atoms with Crippen LogP contribution in [0, 0.1) is 28.5 Å². The fourth-order valence-corrected chi connectivity index (χ4v) is 6.03. The molecule has 1 aromatic carbocycles. The fourth-order valence-electron chi connectivity index (χ4n) is 4.76. The molecule has 1 aromatic heterocycles. The molecule has 1 saturated heterocycles. The van der Waals surface area contributed by atoms with Gasteiger partial charge in [0.05, 0.1) is 24.8 Å². The molecule has 2 N–H and O–H groups in total. The lowest BCUT2D eigenvalue weighted by atomic mass is 9.73. The van der Waals surface area contributed by atoms with E-state index in [1.807, 2.05) is 6.07 Å². The number of rotatable bonds is 8. The summed E-state index contributed by atoms with van der Waals surface area (Å²) < 4.78 is 33.5. The van der Waals surface area contributed by atoms with Gasteiger partial charge in [0.2, 0.25) is 5.95 Å². The minimum Gasteiger partial charge on any atom is -0.413 e. The van der Waals surface area contributed by atoms with E-state index in [2.05, 4.69) is 74.4 Å². The summed E-state index contributed by atoms with van der Waals surface area (Å²) >= 11 is 6.87. The molecular weight excluding hydrogens is 560 g/mol. The van der Waals surface area contributed by atoms with Crippen LogP contribution in [-0.2, 0) is 20.3 Å². The number of nitrogens with one attached hydrogen (secondary N) is 2. The third-order valence-electron chi connectivity index (χ3n) is 8.35. The zero-order valence-corrected chi connectivity index (χ0v) is 27.0. The van der Waals surface area contributed by atoms with Crippen molar-refractivity contribution in [1.29, 1.82) is 5.26 Å². The summed E-state index contributed by atoms with van der Waals surface area (Å²) in [5, 5.41) is 16.3. The molecule has 0 radical (unpaired) electrons. The van der Waals surface area contributed by atoms with E-state index in [0.717, 1.165) is 42.9 Å². The Hall–Kier alpha value is -2.23. The number of halogens is 2. The maximum absolute atomic E-state index is 14.7. The lowest BCUT2D eigenvalue weighted by Gasteiger charge is -2.37. The first-order valence-corrected chi connectivity index (χ1v) is 17.6. The van der Waals surface area contributed by atoms with E-state index in [4.69, 9.17) is 25.3 Å². The summed E-state index contributed by atoms with van der Waals surface area (Å²) in [6.07, 6.45) is 4.71. The predicted octanol–water partition coefficient (Wildman–Crippen LogP) is 6.80. The third kappa shape index (κ3) is 7.79. The van der Waals surface area contributed by atoms with Gasteiger partial charge in [0.1, 0.15) is 0 Å². The van der Waals surface area contributed by atoms with Gasteiger partial charge >= 0.3 is 7.12 Å². The van der Waals surface area contributed by atoms with Crippen LogP contribution in [0.5, 0.6) is 0 Å². The first-order valence-electron chi connectivity index (χ1n) is 14.3. The molecule has 0 spiro atoms. The SMILES string of the molecule is CC1(C)COB(c2c(Cl)cc(Nc3ncc(F)c(NC4CCCCC4C#N)n3)cc2CO[Si](C)(C)C(C)(C)C)OC1. The van der Waals surface area contributed by atoms with Crippen LogP contribution in [0.2, 0.25) is 23.2 Å². The Morgan fingerprint density at radius 3 is 2.56 bits per heavy atom. The molecule has 12 heteroatoms. The Balaban J connectivity index is 1.61. The van der Waals surface area contributed by atoms with E-state index in [9.17, 15) is 9.65 Å². The van der Waals surface area contributed by atoms with Gasteiger partial charge in [-0.05, 0) is 48.7 Å². The average molecular weight is 602 g/mol. The molecule has 2 heterocycles. The average Bonchev–Trinajstić information content (AvgIpc) is 2.89. The maximum atomic E-state index is 14.7. The van der Waals surface area contributed by atoms with Crippen molar-refractivity contribution >= 4 is 50.0 Å². The van der Waals surface area contributed by atoms with Crippen LogP contribution in [0.3, 0.4) is 0 Å². The van der Waals surface area contributed by atoms with Crippen LogP contribution in [-0.4, -0.2) is 44.7 Å². The molecule has 0 bridgehead atoms. The monoisotopic (exact) mass is 601 g/mol. The molecule has 2 fully saturated rings. The van der Waals surface area contributed by atoms with Gasteiger partial charge in [-0.25, -0.2) is 9.37 Å². The van der Waals surface area contributed by atoms with E-state index in [1.54, 1.807) is 6.07 Å². The second-order valence-corrected chi connectivity index (χ2v) is 18.7. The van der Waals surface area contributed by atoms with Crippen molar-refractivity contribution in [3.05, 3.63) is 34.7 Å². The van der Waals surface area contributed by atoms with Crippen molar-refractivity contribution < 1.29 is 18.1 Å². The maximum Gasteiger partial charge on any atom is 0.495 e. The largest absolute Gasteiger partial charge is 0.495 e. The quantitative estimate of drug-likeness (QED) is 0.319. The smallest absolute Gasteiger partial charge is 0.413 e. The molecule has 2 aliphatic rings. The normalized spacial score (nSPS) is 21.3. The molecule has 41 heavy (non-hydrogen) atoms. The van der Waals surface area contributed by atoms with Gasteiger partial charge in [-0.3, -0.25) is 0 Å². The van der Waals surface area contributed by atoms with Crippen molar-refractivity contribution in [2.75, 3.05) is 23.8 Å². The minimum absolute atomic E-state index is 0.0307. The van der Waals surface area contributed by atoms with Gasteiger partial charge < -0.3 is 24.4 Å². The van der Waals surface area contributed by atoms with E-state index >= 15 is 0 Å². The van der Waals surface area contributed by atoms with Gasteiger partial charge in [-0.2, -0.15) is 10.2 Å². The summed E-state index contributed by atoms with van der Waals surface area (Å²) in [6, 6.07) is 5.90. The molecular formula is C29H42BClFN5O3Si. The fraction of sp³-hybridized carbons (Fsp3) is 0.621. The molecule has 4 rings (SSSR count). The number of nitrogens with zero attached hydrogens (tertiary/aromatic N) is 3. The molecule has 8 nitrogen and oxygen atoms in total. The van der Waals surface area contributed by atoms with Gasteiger partial charge in [0.15, 0.2) is 20.0 Å². The summed E-state index contributed by atoms with van der Waals surface area (Å²) in [5.74, 6) is -0.459. The summed E-state index contributed by atoms with van der Waals surface area (Å²) in [4.78, 5) is 8.55. The number of anilines is 3. The second kappa shape index (κ2) is 12.6. The molecule has 0 amide bonds. The van der Waals surface area contributed by atoms with Gasteiger partial charge in [0, 0.05) is 40.8 Å². The number of aromatic nitrogens is 2. The first kappa shape index (κ1) is 31.7. The molecule has 222 valence electrons. The zero-order valence-electron chi connectivity index (χ0n) is 25.2. The lowest BCUT2D eigenvalue weighted by Crippen LogP contribution is -2.49. The number of hydrogen-bond donors (Lipinski definition) is 2. The Morgan fingerprint density at radius 1 is 1.22 bits per heavy atom. The Bertz CT molecular complexity index is 1280. The Morgan fingerprint density at radius 2 is 1.90 bits per heavy atom. The number of nitriles is 1. The van der Waals surface area contributed by atoms with Crippen molar-refractivity contribution in [2.45, 2.75) is 91.1 Å². The van der Waals surface area contributed by atoms with Crippen molar-refractivity contribution in [1.82, 2.24) is 9.97 Å².